The molecule has 7 nitrogen and oxygen atoms in total. The summed E-state index contributed by atoms with van der Waals surface area (Å²) in [6.45, 7) is 4.86. The second-order valence-electron chi connectivity index (χ2n) is 6.74. The Hall–Kier alpha value is -2.39. The molecule has 0 saturated carbocycles. The largest absolute Gasteiger partial charge is 0.380 e. The SMILES string of the molecule is Cc1cc(Nc2ncc(C)c(-c3cnn(CC4(CF)COC4)c3)n2)sn1. The number of alkyl halides is 1. The van der Waals surface area contributed by atoms with Crippen LogP contribution >= 0.6 is 11.5 Å². The van der Waals surface area contributed by atoms with Gasteiger partial charge >= 0.3 is 0 Å². The van der Waals surface area contributed by atoms with E-state index in [4.69, 9.17) is 4.74 Å². The first kappa shape index (κ1) is 17.0. The molecule has 26 heavy (non-hydrogen) atoms. The third kappa shape index (κ3) is 3.32. The fourth-order valence-corrected chi connectivity index (χ4v) is 3.50. The molecule has 136 valence electrons. The monoisotopic (exact) mass is 374 g/mol. The molecule has 0 spiro atoms. The molecule has 0 aromatic carbocycles. The molecule has 1 aliphatic rings. The van der Waals surface area contributed by atoms with E-state index in [1.807, 2.05) is 26.1 Å². The molecule has 3 aromatic heterocycles. The maximum atomic E-state index is 13.3. The first-order valence-corrected chi connectivity index (χ1v) is 9.05. The minimum absolute atomic E-state index is 0.406. The van der Waals surface area contributed by atoms with E-state index >= 15 is 0 Å². The Bertz CT molecular complexity index is 914. The average Bonchev–Trinajstić information content (AvgIpc) is 3.22. The van der Waals surface area contributed by atoms with E-state index in [0.717, 1.165) is 27.5 Å². The van der Waals surface area contributed by atoms with Crippen molar-refractivity contribution in [1.29, 1.82) is 0 Å². The van der Waals surface area contributed by atoms with Crippen molar-refractivity contribution in [3.8, 4) is 11.3 Å². The van der Waals surface area contributed by atoms with E-state index in [-0.39, 0.29) is 0 Å². The first-order chi connectivity index (χ1) is 12.6. The number of nitrogens with one attached hydrogen (secondary N) is 1. The van der Waals surface area contributed by atoms with Crippen LogP contribution in [0.5, 0.6) is 0 Å². The zero-order chi connectivity index (χ0) is 18.1. The van der Waals surface area contributed by atoms with Crippen LogP contribution in [0.4, 0.5) is 15.3 Å². The van der Waals surface area contributed by atoms with Crippen molar-refractivity contribution in [2.45, 2.75) is 20.4 Å². The van der Waals surface area contributed by atoms with Gasteiger partial charge in [0.2, 0.25) is 5.95 Å². The van der Waals surface area contributed by atoms with E-state index in [9.17, 15) is 4.39 Å². The van der Waals surface area contributed by atoms with Gasteiger partial charge < -0.3 is 10.1 Å². The summed E-state index contributed by atoms with van der Waals surface area (Å²) >= 11 is 1.37. The van der Waals surface area contributed by atoms with Gasteiger partial charge in [0.1, 0.15) is 11.7 Å². The zero-order valence-corrected chi connectivity index (χ0v) is 15.4. The molecule has 0 amide bonds. The minimum atomic E-state index is -0.444. The molecular formula is C17H19FN6OS. The lowest BCUT2D eigenvalue weighted by atomic mass is 9.88. The molecule has 4 heterocycles. The van der Waals surface area contributed by atoms with Crippen molar-refractivity contribution < 1.29 is 9.13 Å². The van der Waals surface area contributed by atoms with Gasteiger partial charge in [-0.25, -0.2) is 9.97 Å². The molecule has 0 bridgehead atoms. The Balaban J connectivity index is 1.56. The molecule has 0 atom stereocenters. The molecule has 0 radical (unpaired) electrons. The van der Waals surface area contributed by atoms with E-state index in [1.165, 1.54) is 11.5 Å². The number of hydrogen-bond donors (Lipinski definition) is 1. The second-order valence-corrected chi connectivity index (χ2v) is 7.54. The number of anilines is 2. The van der Waals surface area contributed by atoms with Crippen molar-refractivity contribution in [2.24, 2.45) is 5.41 Å². The van der Waals surface area contributed by atoms with E-state index < -0.39 is 12.1 Å². The fourth-order valence-electron chi connectivity index (χ4n) is 2.84. The maximum Gasteiger partial charge on any atom is 0.228 e. The number of nitrogens with zero attached hydrogens (tertiary/aromatic N) is 5. The standard InChI is InChI=1S/C17H19FN6OS/c1-11-4-19-16(21-14-3-12(2)23-26-14)22-15(11)13-5-20-24(6-13)8-17(7-18)9-25-10-17/h3-6H,7-10H2,1-2H3,(H,19,21,22). The molecule has 3 aromatic rings. The number of hydrogen-bond acceptors (Lipinski definition) is 7. The van der Waals surface area contributed by atoms with Gasteiger partial charge in [0.25, 0.3) is 0 Å². The van der Waals surface area contributed by atoms with Crippen molar-refractivity contribution >= 4 is 22.5 Å². The summed E-state index contributed by atoms with van der Waals surface area (Å²) < 4.78 is 24.5. The number of rotatable bonds is 6. The first-order valence-electron chi connectivity index (χ1n) is 8.27. The Morgan fingerprint density at radius 3 is 2.85 bits per heavy atom. The lowest BCUT2D eigenvalue weighted by molar-refractivity contribution is -0.133. The molecule has 1 saturated heterocycles. The van der Waals surface area contributed by atoms with E-state index in [0.29, 0.717) is 25.7 Å². The van der Waals surface area contributed by atoms with Crippen LogP contribution in [0, 0.1) is 19.3 Å². The molecule has 1 fully saturated rings. The van der Waals surface area contributed by atoms with Crippen molar-refractivity contribution in [2.75, 3.05) is 25.2 Å². The summed E-state index contributed by atoms with van der Waals surface area (Å²) in [5.41, 5.74) is 3.13. The third-order valence-corrected chi connectivity index (χ3v) is 5.13. The Morgan fingerprint density at radius 1 is 1.35 bits per heavy atom. The van der Waals surface area contributed by atoms with Crippen LogP contribution in [0.1, 0.15) is 11.3 Å². The highest BCUT2D eigenvalue weighted by atomic mass is 32.1. The lowest BCUT2D eigenvalue weighted by Crippen LogP contribution is -2.47. The van der Waals surface area contributed by atoms with Crippen LogP contribution in [-0.2, 0) is 11.3 Å². The Morgan fingerprint density at radius 2 is 2.19 bits per heavy atom. The van der Waals surface area contributed by atoms with Crippen LogP contribution in [0.15, 0.2) is 24.7 Å². The molecule has 4 rings (SSSR count). The maximum absolute atomic E-state index is 13.3. The average molecular weight is 374 g/mol. The highest BCUT2D eigenvalue weighted by Crippen LogP contribution is 2.31. The quantitative estimate of drug-likeness (QED) is 0.714. The van der Waals surface area contributed by atoms with Crippen LogP contribution in [-0.4, -0.2) is 44.0 Å². The zero-order valence-electron chi connectivity index (χ0n) is 14.6. The van der Waals surface area contributed by atoms with Gasteiger partial charge in [0.15, 0.2) is 0 Å². The molecule has 0 unspecified atom stereocenters. The number of ether oxygens (including phenoxy) is 1. The highest BCUT2D eigenvalue weighted by molar-refractivity contribution is 7.10. The van der Waals surface area contributed by atoms with Crippen molar-refractivity contribution in [3.05, 3.63) is 35.9 Å². The molecule has 9 heteroatoms. The number of aromatic nitrogens is 5. The minimum Gasteiger partial charge on any atom is -0.380 e. The molecule has 0 aliphatic carbocycles. The van der Waals surface area contributed by atoms with Gasteiger partial charge in [-0.15, -0.1) is 0 Å². The predicted octanol–water partition coefficient (Wildman–Crippen LogP) is 3.14. The van der Waals surface area contributed by atoms with Crippen LogP contribution in [0.2, 0.25) is 0 Å². The highest BCUT2D eigenvalue weighted by Gasteiger charge is 2.39. The molecular weight excluding hydrogens is 355 g/mol. The second kappa shape index (κ2) is 6.73. The summed E-state index contributed by atoms with van der Waals surface area (Å²) in [6, 6.07) is 1.95. The Labute approximate surface area is 154 Å². The summed E-state index contributed by atoms with van der Waals surface area (Å²) in [4.78, 5) is 8.95. The predicted molar refractivity (Wildman–Crippen MR) is 97.4 cm³/mol. The van der Waals surface area contributed by atoms with Gasteiger partial charge in [-0.05, 0) is 37.0 Å². The van der Waals surface area contributed by atoms with Gasteiger partial charge in [-0.2, -0.15) is 9.47 Å². The van der Waals surface area contributed by atoms with E-state index in [1.54, 1.807) is 17.1 Å². The Kier molecular flexibility index (Phi) is 4.41. The van der Waals surface area contributed by atoms with Gasteiger partial charge in [-0.3, -0.25) is 9.07 Å². The van der Waals surface area contributed by atoms with Crippen LogP contribution in [0.3, 0.4) is 0 Å². The van der Waals surface area contributed by atoms with Gasteiger partial charge in [0.05, 0.1) is 42.8 Å². The number of halogens is 1. The molecule has 1 aliphatic heterocycles. The van der Waals surface area contributed by atoms with Crippen LogP contribution in [0.25, 0.3) is 11.3 Å². The molecule has 1 N–H and O–H groups in total. The van der Waals surface area contributed by atoms with Crippen molar-refractivity contribution in [1.82, 2.24) is 24.1 Å². The lowest BCUT2D eigenvalue weighted by Gasteiger charge is -2.38. The summed E-state index contributed by atoms with van der Waals surface area (Å²) in [6.07, 6.45) is 5.42. The normalized spacial score (nSPS) is 15.7. The van der Waals surface area contributed by atoms with Crippen molar-refractivity contribution in [3.63, 3.8) is 0 Å². The fraction of sp³-hybridized carbons (Fsp3) is 0.412. The van der Waals surface area contributed by atoms with E-state index in [2.05, 4.69) is 24.8 Å². The summed E-state index contributed by atoms with van der Waals surface area (Å²) in [5.74, 6) is 0.509. The van der Waals surface area contributed by atoms with Crippen LogP contribution < -0.4 is 5.32 Å². The summed E-state index contributed by atoms with van der Waals surface area (Å²) in [7, 11) is 0. The topological polar surface area (TPSA) is 77.8 Å². The van der Waals surface area contributed by atoms with Gasteiger partial charge in [-0.1, -0.05) is 0 Å². The summed E-state index contributed by atoms with van der Waals surface area (Å²) in [5, 5.41) is 8.44. The number of aryl methyl sites for hydroxylation is 2. The van der Waals surface area contributed by atoms with Gasteiger partial charge in [0, 0.05) is 18.0 Å². The smallest absolute Gasteiger partial charge is 0.228 e. The third-order valence-electron chi connectivity index (χ3n) is 4.34.